The van der Waals surface area contributed by atoms with Crippen LogP contribution < -0.4 is 10.2 Å². The van der Waals surface area contributed by atoms with Gasteiger partial charge in [-0.3, -0.25) is 0 Å². The molecule has 3 rings (SSSR count). The van der Waals surface area contributed by atoms with E-state index in [2.05, 4.69) is 24.1 Å². The van der Waals surface area contributed by atoms with Crippen molar-refractivity contribution in [2.75, 3.05) is 18.0 Å². The molecule has 0 aromatic heterocycles. The number of nitrogens with zero attached hydrogens (tertiary/aromatic N) is 1. The Bertz CT molecular complexity index is 506. The van der Waals surface area contributed by atoms with Gasteiger partial charge < -0.3 is 15.3 Å². The third-order valence-electron chi connectivity index (χ3n) is 4.91. The first-order valence-corrected chi connectivity index (χ1v) is 8.00. The van der Waals surface area contributed by atoms with Gasteiger partial charge in [-0.25, -0.2) is 4.39 Å². The number of rotatable bonds is 4. The van der Waals surface area contributed by atoms with Crippen LogP contribution in [0.1, 0.15) is 32.3 Å². The van der Waals surface area contributed by atoms with Crippen LogP contribution >= 0.6 is 0 Å². The molecule has 2 fully saturated rings. The van der Waals surface area contributed by atoms with Crippen molar-refractivity contribution in [1.82, 2.24) is 5.32 Å². The van der Waals surface area contributed by atoms with Gasteiger partial charge in [0, 0.05) is 31.6 Å². The normalized spacial score (nSPS) is 28.4. The Kier molecular flexibility index (Phi) is 4.18. The highest BCUT2D eigenvalue weighted by Gasteiger charge is 2.42. The van der Waals surface area contributed by atoms with Crippen molar-refractivity contribution < 1.29 is 9.50 Å². The fraction of sp³-hybridized carbons (Fsp3) is 0.647. The fourth-order valence-corrected chi connectivity index (χ4v) is 3.79. The predicted octanol–water partition coefficient (Wildman–Crippen LogP) is 2.53. The Labute approximate surface area is 126 Å². The van der Waals surface area contributed by atoms with E-state index in [0.29, 0.717) is 24.4 Å². The van der Waals surface area contributed by atoms with Crippen LogP contribution in [0.25, 0.3) is 0 Å². The van der Waals surface area contributed by atoms with Gasteiger partial charge in [-0.2, -0.15) is 0 Å². The summed E-state index contributed by atoms with van der Waals surface area (Å²) >= 11 is 0. The molecule has 0 amide bonds. The molecule has 3 atom stereocenters. The van der Waals surface area contributed by atoms with Gasteiger partial charge in [0.2, 0.25) is 0 Å². The minimum atomic E-state index is -0.205. The number of hydrogen-bond donors (Lipinski definition) is 2. The van der Waals surface area contributed by atoms with Gasteiger partial charge >= 0.3 is 0 Å². The van der Waals surface area contributed by atoms with Crippen molar-refractivity contribution in [3.8, 4) is 0 Å². The van der Waals surface area contributed by atoms with Gasteiger partial charge in [-0.1, -0.05) is 26.0 Å². The highest BCUT2D eigenvalue weighted by Crippen LogP contribution is 2.41. The fourth-order valence-electron chi connectivity index (χ4n) is 3.79. The van der Waals surface area contributed by atoms with E-state index < -0.39 is 0 Å². The topological polar surface area (TPSA) is 35.5 Å². The van der Waals surface area contributed by atoms with Crippen LogP contribution in [0.2, 0.25) is 0 Å². The summed E-state index contributed by atoms with van der Waals surface area (Å²) in [5.41, 5.74) is 1.74. The number of benzene rings is 1. The Balaban J connectivity index is 1.81. The molecular formula is C17H25FN2O. The third kappa shape index (κ3) is 2.92. The molecule has 1 heterocycles. The van der Waals surface area contributed by atoms with Gasteiger partial charge in [0.15, 0.2) is 0 Å². The molecule has 4 heteroatoms. The molecule has 1 aromatic rings. The van der Waals surface area contributed by atoms with Crippen LogP contribution in [0.4, 0.5) is 10.1 Å². The molecule has 0 radical (unpaired) electrons. The molecule has 0 bridgehead atoms. The van der Waals surface area contributed by atoms with E-state index in [-0.39, 0.29) is 11.9 Å². The van der Waals surface area contributed by atoms with E-state index in [1.54, 1.807) is 12.1 Å². The first-order chi connectivity index (χ1) is 10.1. The average Bonchev–Trinajstić information content (AvgIpc) is 2.99. The Morgan fingerprint density at radius 3 is 2.86 bits per heavy atom. The van der Waals surface area contributed by atoms with Crippen molar-refractivity contribution in [1.29, 1.82) is 0 Å². The molecule has 2 aliphatic rings. The van der Waals surface area contributed by atoms with Crippen molar-refractivity contribution in [3.63, 3.8) is 0 Å². The Hall–Kier alpha value is -1.13. The van der Waals surface area contributed by atoms with Crippen LogP contribution in [-0.4, -0.2) is 30.3 Å². The molecule has 21 heavy (non-hydrogen) atoms. The average molecular weight is 292 g/mol. The molecule has 1 saturated heterocycles. The van der Waals surface area contributed by atoms with Crippen molar-refractivity contribution in [2.24, 2.45) is 11.8 Å². The second-order valence-corrected chi connectivity index (χ2v) is 6.76. The lowest BCUT2D eigenvalue weighted by atomic mass is 10.00. The highest BCUT2D eigenvalue weighted by molar-refractivity contribution is 5.56. The maximum absolute atomic E-state index is 14.4. The van der Waals surface area contributed by atoms with Crippen molar-refractivity contribution in [3.05, 3.63) is 29.6 Å². The van der Waals surface area contributed by atoms with Crippen molar-refractivity contribution in [2.45, 2.75) is 45.4 Å². The summed E-state index contributed by atoms with van der Waals surface area (Å²) in [7, 11) is 0. The van der Waals surface area contributed by atoms with Crippen molar-refractivity contribution >= 4 is 5.69 Å². The predicted molar refractivity (Wildman–Crippen MR) is 82.8 cm³/mol. The Morgan fingerprint density at radius 2 is 2.14 bits per heavy atom. The quantitative estimate of drug-likeness (QED) is 0.895. The van der Waals surface area contributed by atoms with E-state index in [1.165, 1.54) is 0 Å². The number of para-hydroxylation sites is 1. The lowest BCUT2D eigenvalue weighted by Gasteiger charge is -2.24. The summed E-state index contributed by atoms with van der Waals surface area (Å²) in [6.07, 6.45) is 1.77. The largest absolute Gasteiger partial charge is 0.393 e. The highest BCUT2D eigenvalue weighted by atomic mass is 19.1. The standard InChI is InChI=1S/C17H25FN2O/c1-11(2)19-8-12-4-3-5-15(18)17(12)20-9-13-6-7-16(21)14(13)10-20/h3-5,11,13-14,16,19,21H,6-10H2,1-2H3. The molecular weight excluding hydrogens is 267 g/mol. The van der Waals surface area contributed by atoms with Gasteiger partial charge in [-0.05, 0) is 30.4 Å². The number of hydrogen-bond acceptors (Lipinski definition) is 3. The van der Waals surface area contributed by atoms with Gasteiger partial charge in [0.05, 0.1) is 11.8 Å². The van der Waals surface area contributed by atoms with Crippen LogP contribution in [0.15, 0.2) is 18.2 Å². The third-order valence-corrected chi connectivity index (χ3v) is 4.91. The maximum Gasteiger partial charge on any atom is 0.146 e. The Morgan fingerprint density at radius 1 is 1.33 bits per heavy atom. The lowest BCUT2D eigenvalue weighted by Crippen LogP contribution is -2.28. The zero-order valence-corrected chi connectivity index (χ0v) is 12.8. The molecule has 3 nitrogen and oxygen atoms in total. The smallest absolute Gasteiger partial charge is 0.146 e. The molecule has 2 N–H and O–H groups in total. The number of anilines is 1. The number of halogens is 1. The molecule has 1 aliphatic carbocycles. The first-order valence-electron chi connectivity index (χ1n) is 8.00. The summed E-state index contributed by atoms with van der Waals surface area (Å²) in [5, 5.41) is 13.4. The second kappa shape index (κ2) is 5.93. The van der Waals surface area contributed by atoms with Gasteiger partial charge in [0.25, 0.3) is 0 Å². The molecule has 1 aromatic carbocycles. The van der Waals surface area contributed by atoms with Crippen LogP contribution in [0.5, 0.6) is 0 Å². The summed E-state index contributed by atoms with van der Waals surface area (Å²) in [6.45, 7) is 6.52. The number of aliphatic hydroxyl groups is 1. The van der Waals surface area contributed by atoms with E-state index in [1.807, 2.05) is 6.07 Å². The summed E-state index contributed by atoms with van der Waals surface area (Å²) in [4.78, 5) is 2.14. The van der Waals surface area contributed by atoms with Gasteiger partial charge in [-0.15, -0.1) is 0 Å². The van der Waals surface area contributed by atoms with E-state index in [4.69, 9.17) is 0 Å². The zero-order chi connectivity index (χ0) is 15.0. The van der Waals surface area contributed by atoms with E-state index >= 15 is 0 Å². The molecule has 0 spiro atoms. The zero-order valence-electron chi connectivity index (χ0n) is 12.8. The molecule has 116 valence electrons. The minimum Gasteiger partial charge on any atom is -0.393 e. The number of fused-ring (bicyclic) bond motifs is 1. The van der Waals surface area contributed by atoms with E-state index in [0.717, 1.165) is 37.2 Å². The molecule has 1 saturated carbocycles. The van der Waals surface area contributed by atoms with E-state index in [9.17, 15) is 9.50 Å². The van der Waals surface area contributed by atoms with Crippen LogP contribution in [0, 0.1) is 17.7 Å². The molecule has 3 unspecified atom stereocenters. The monoisotopic (exact) mass is 292 g/mol. The second-order valence-electron chi connectivity index (χ2n) is 6.76. The minimum absolute atomic E-state index is 0.146. The number of nitrogens with one attached hydrogen (secondary N) is 1. The SMILES string of the molecule is CC(C)NCc1cccc(F)c1N1CC2CCC(O)C2C1. The first kappa shape index (κ1) is 14.8. The molecule has 1 aliphatic heterocycles. The van der Waals surface area contributed by atoms with Crippen LogP contribution in [-0.2, 0) is 6.54 Å². The summed E-state index contributed by atoms with van der Waals surface area (Å²) < 4.78 is 14.4. The number of aliphatic hydroxyl groups excluding tert-OH is 1. The summed E-state index contributed by atoms with van der Waals surface area (Å²) in [5.74, 6) is 0.688. The van der Waals surface area contributed by atoms with Gasteiger partial charge in [0.1, 0.15) is 5.82 Å². The summed E-state index contributed by atoms with van der Waals surface area (Å²) in [6, 6.07) is 5.69. The van der Waals surface area contributed by atoms with Crippen LogP contribution in [0.3, 0.4) is 0 Å². The lowest BCUT2D eigenvalue weighted by molar-refractivity contribution is 0.133. The maximum atomic E-state index is 14.4.